The predicted octanol–water partition coefficient (Wildman–Crippen LogP) is 3.07. The molecule has 0 saturated carbocycles. The van der Waals surface area contributed by atoms with Crippen LogP contribution in [0.4, 0.5) is 0 Å². The molecule has 0 N–H and O–H groups in total. The highest BCUT2D eigenvalue weighted by Crippen LogP contribution is 2.22. The van der Waals surface area contributed by atoms with Crippen LogP contribution in [0.5, 0.6) is 5.75 Å². The van der Waals surface area contributed by atoms with Gasteiger partial charge in [-0.15, -0.1) is 0 Å². The Labute approximate surface area is 205 Å². The summed E-state index contributed by atoms with van der Waals surface area (Å²) >= 11 is 6.42. The molecule has 10 heteroatoms. The van der Waals surface area contributed by atoms with E-state index in [1.165, 1.54) is 15.5 Å². The van der Waals surface area contributed by atoms with Crippen molar-refractivity contribution >= 4 is 28.5 Å². The van der Waals surface area contributed by atoms with E-state index >= 15 is 0 Å². The second-order valence-corrected chi connectivity index (χ2v) is 8.72. The first-order valence-electron chi connectivity index (χ1n) is 11.2. The number of hydrogen-bond donors (Lipinski definition) is 0. The zero-order valence-corrected chi connectivity index (χ0v) is 19.8. The highest BCUT2D eigenvalue weighted by atomic mass is 35.5. The lowest BCUT2D eigenvalue weighted by atomic mass is 10.1. The number of ketones is 1. The number of para-hydroxylation sites is 1. The number of halogens is 1. The molecule has 3 heterocycles. The van der Waals surface area contributed by atoms with Crippen molar-refractivity contribution in [1.82, 2.24) is 18.7 Å². The van der Waals surface area contributed by atoms with Crippen LogP contribution in [-0.4, -0.2) is 44.3 Å². The Morgan fingerprint density at radius 2 is 1.94 bits per heavy atom. The van der Waals surface area contributed by atoms with Crippen molar-refractivity contribution in [1.29, 1.82) is 0 Å². The molecule has 35 heavy (non-hydrogen) atoms. The molecule has 1 saturated heterocycles. The molecular formula is C25H23ClN4O5. The van der Waals surface area contributed by atoms with Crippen LogP contribution in [0.15, 0.2) is 64.4 Å². The van der Waals surface area contributed by atoms with Crippen LogP contribution >= 0.6 is 11.6 Å². The molecule has 5 rings (SSSR count). The molecule has 0 amide bonds. The Hall–Kier alpha value is -3.69. The standard InChI is InChI=1S/C25H23ClN4O5/c1-34-17-10-8-16(9-11-17)21(31)14-28-15-27-23-22(28)24(32)29(13-18-5-4-12-35-18)25(33)30(23)20-7-3-2-6-19(20)26/h2-3,6-11,15,18H,4-5,12-14H2,1H3/t18-/m0/s1. The summed E-state index contributed by atoms with van der Waals surface area (Å²) in [6.07, 6.45) is 2.78. The van der Waals surface area contributed by atoms with Gasteiger partial charge in [-0.1, -0.05) is 23.7 Å². The van der Waals surface area contributed by atoms with Crippen LogP contribution in [0.2, 0.25) is 5.02 Å². The Kier molecular flexibility index (Phi) is 6.27. The van der Waals surface area contributed by atoms with Gasteiger partial charge in [0.05, 0.1) is 43.3 Å². The number of imidazole rings is 1. The summed E-state index contributed by atoms with van der Waals surface area (Å²) in [5.41, 5.74) is 0.0639. The quantitative estimate of drug-likeness (QED) is 0.366. The number of carbonyl (C=O) groups is 1. The fraction of sp³-hybridized carbons (Fsp3) is 0.280. The normalized spacial score (nSPS) is 15.5. The van der Waals surface area contributed by atoms with Crippen LogP contribution < -0.4 is 16.0 Å². The second kappa shape index (κ2) is 9.52. The molecule has 0 radical (unpaired) electrons. The van der Waals surface area contributed by atoms with Crippen LogP contribution in [0.1, 0.15) is 23.2 Å². The molecule has 2 aromatic heterocycles. The lowest BCUT2D eigenvalue weighted by Gasteiger charge is -2.16. The van der Waals surface area contributed by atoms with Gasteiger partial charge in [-0.25, -0.2) is 14.3 Å². The SMILES string of the molecule is COc1ccc(C(=O)Cn2cnc3c2c(=O)n(C[C@@H]2CCCO2)c(=O)n3-c2ccccc2Cl)cc1. The molecule has 2 aromatic carbocycles. The first-order valence-corrected chi connectivity index (χ1v) is 11.6. The zero-order chi connectivity index (χ0) is 24.5. The molecular weight excluding hydrogens is 472 g/mol. The molecule has 4 aromatic rings. The third-order valence-electron chi connectivity index (χ3n) is 6.13. The third-order valence-corrected chi connectivity index (χ3v) is 6.45. The fourth-order valence-electron chi connectivity index (χ4n) is 4.33. The van der Waals surface area contributed by atoms with Gasteiger partial charge in [0.2, 0.25) is 0 Å². The number of rotatable bonds is 7. The van der Waals surface area contributed by atoms with E-state index in [2.05, 4.69) is 4.98 Å². The topological polar surface area (TPSA) is 97.4 Å². The maximum absolute atomic E-state index is 13.6. The first-order chi connectivity index (χ1) is 17.0. The van der Waals surface area contributed by atoms with E-state index in [-0.39, 0.29) is 36.1 Å². The summed E-state index contributed by atoms with van der Waals surface area (Å²) in [7, 11) is 1.55. The van der Waals surface area contributed by atoms with Crippen molar-refractivity contribution < 1.29 is 14.3 Å². The van der Waals surface area contributed by atoms with E-state index in [0.29, 0.717) is 28.6 Å². The van der Waals surface area contributed by atoms with Crippen LogP contribution in [0.25, 0.3) is 16.9 Å². The largest absolute Gasteiger partial charge is 0.497 e. The van der Waals surface area contributed by atoms with Crippen LogP contribution in [0.3, 0.4) is 0 Å². The first kappa shape index (κ1) is 23.1. The van der Waals surface area contributed by atoms with Gasteiger partial charge in [-0.3, -0.25) is 14.2 Å². The van der Waals surface area contributed by atoms with E-state index in [9.17, 15) is 14.4 Å². The van der Waals surface area contributed by atoms with Crippen LogP contribution in [-0.2, 0) is 17.8 Å². The molecule has 9 nitrogen and oxygen atoms in total. The van der Waals surface area contributed by atoms with Crippen molar-refractivity contribution in [2.24, 2.45) is 0 Å². The van der Waals surface area contributed by atoms with Crippen molar-refractivity contribution in [3.63, 3.8) is 0 Å². The number of methoxy groups -OCH3 is 1. The monoisotopic (exact) mass is 494 g/mol. The maximum Gasteiger partial charge on any atom is 0.337 e. The van der Waals surface area contributed by atoms with Gasteiger partial charge < -0.3 is 14.0 Å². The molecule has 1 atom stereocenters. The Balaban J connectivity index is 1.65. The molecule has 1 aliphatic heterocycles. The molecule has 1 fully saturated rings. The molecule has 0 bridgehead atoms. The van der Waals surface area contributed by atoms with Crippen molar-refractivity contribution in [2.45, 2.75) is 32.0 Å². The minimum absolute atomic E-state index is 0.107. The number of fused-ring (bicyclic) bond motifs is 1. The lowest BCUT2D eigenvalue weighted by molar-refractivity contribution is 0.0947. The van der Waals surface area contributed by atoms with Gasteiger partial charge >= 0.3 is 5.69 Å². The predicted molar refractivity (Wildman–Crippen MR) is 131 cm³/mol. The molecule has 0 aliphatic carbocycles. The van der Waals surface area contributed by atoms with Gasteiger partial charge in [-0.05, 0) is 49.2 Å². The number of ether oxygens (including phenoxy) is 2. The van der Waals surface area contributed by atoms with E-state index in [0.717, 1.165) is 17.4 Å². The summed E-state index contributed by atoms with van der Waals surface area (Å²) in [5, 5.41) is 0.335. The van der Waals surface area contributed by atoms with Crippen molar-refractivity contribution in [3.05, 3.63) is 86.3 Å². The average Bonchev–Trinajstić information content (AvgIpc) is 3.53. The van der Waals surface area contributed by atoms with Gasteiger partial charge in [-0.2, -0.15) is 0 Å². The molecule has 0 spiro atoms. The molecule has 0 unspecified atom stereocenters. The zero-order valence-electron chi connectivity index (χ0n) is 19.0. The minimum atomic E-state index is -0.558. The van der Waals surface area contributed by atoms with Crippen molar-refractivity contribution in [2.75, 3.05) is 13.7 Å². The number of aromatic nitrogens is 4. The number of hydrogen-bond acceptors (Lipinski definition) is 6. The number of benzene rings is 2. The van der Waals surface area contributed by atoms with E-state index in [1.807, 2.05) is 0 Å². The van der Waals surface area contributed by atoms with E-state index < -0.39 is 11.2 Å². The van der Waals surface area contributed by atoms with Gasteiger partial charge in [0.25, 0.3) is 5.56 Å². The Morgan fingerprint density at radius 3 is 2.63 bits per heavy atom. The fourth-order valence-corrected chi connectivity index (χ4v) is 4.55. The third kappa shape index (κ3) is 4.28. The van der Waals surface area contributed by atoms with Gasteiger partial charge in [0, 0.05) is 12.2 Å². The summed E-state index contributed by atoms with van der Waals surface area (Å²) in [6.45, 7) is 0.572. The number of Topliss-reactive ketones (excluding diaryl/α,β-unsaturated/α-hetero) is 1. The lowest BCUT2D eigenvalue weighted by Crippen LogP contribution is -2.42. The average molecular weight is 495 g/mol. The number of carbonyl (C=O) groups excluding carboxylic acids is 1. The Morgan fingerprint density at radius 1 is 1.17 bits per heavy atom. The number of nitrogens with zero attached hydrogens (tertiary/aromatic N) is 4. The maximum atomic E-state index is 13.6. The Bertz CT molecular complexity index is 1510. The summed E-state index contributed by atoms with van der Waals surface area (Å²) in [4.78, 5) is 44.5. The second-order valence-electron chi connectivity index (χ2n) is 8.32. The molecule has 1 aliphatic rings. The summed E-state index contributed by atoms with van der Waals surface area (Å²) in [6, 6.07) is 13.6. The highest BCUT2D eigenvalue weighted by molar-refractivity contribution is 6.32. The van der Waals surface area contributed by atoms with E-state index in [4.69, 9.17) is 21.1 Å². The van der Waals surface area contributed by atoms with Gasteiger partial charge in [0.1, 0.15) is 5.75 Å². The van der Waals surface area contributed by atoms with Gasteiger partial charge in [0.15, 0.2) is 16.9 Å². The highest BCUT2D eigenvalue weighted by Gasteiger charge is 2.24. The van der Waals surface area contributed by atoms with Crippen molar-refractivity contribution in [3.8, 4) is 11.4 Å². The summed E-state index contributed by atoms with van der Waals surface area (Å²) in [5.74, 6) is 0.419. The van der Waals surface area contributed by atoms with Crippen LogP contribution in [0, 0.1) is 0 Å². The summed E-state index contributed by atoms with van der Waals surface area (Å²) < 4.78 is 14.8. The van der Waals surface area contributed by atoms with E-state index in [1.54, 1.807) is 55.6 Å². The smallest absolute Gasteiger partial charge is 0.337 e. The minimum Gasteiger partial charge on any atom is -0.497 e. The molecule has 180 valence electrons.